The Hall–Kier alpha value is -3.00. The van der Waals surface area contributed by atoms with Crippen LogP contribution in [0.4, 0.5) is 0 Å². The summed E-state index contributed by atoms with van der Waals surface area (Å²) in [5.41, 5.74) is 6.39. The molecule has 26 heavy (non-hydrogen) atoms. The lowest BCUT2D eigenvalue weighted by atomic mass is 10.1. The maximum Gasteiger partial charge on any atom is 0.160 e. The average molecular weight is 340 g/mol. The molecule has 0 bridgehead atoms. The summed E-state index contributed by atoms with van der Waals surface area (Å²) in [6.07, 6.45) is 5.28. The summed E-state index contributed by atoms with van der Waals surface area (Å²) in [6.45, 7) is 6.34. The molecular formula is C24H24N2. The van der Waals surface area contributed by atoms with Crippen LogP contribution in [0.1, 0.15) is 33.0 Å². The van der Waals surface area contributed by atoms with Crippen LogP contribution in [0.2, 0.25) is 0 Å². The number of rotatable bonds is 5. The van der Waals surface area contributed by atoms with Crippen molar-refractivity contribution in [2.24, 2.45) is 0 Å². The van der Waals surface area contributed by atoms with Gasteiger partial charge in [0.25, 0.3) is 0 Å². The van der Waals surface area contributed by atoms with Gasteiger partial charge in [-0.25, -0.2) is 9.97 Å². The lowest BCUT2D eigenvalue weighted by Crippen LogP contribution is -1.98. The SMILES string of the molecule is CC/C=C(\C=C(C)C)c1nc(-c2ccccc2)cc(-c2ccccc2)n1. The molecular weight excluding hydrogens is 316 g/mol. The zero-order valence-corrected chi connectivity index (χ0v) is 15.6. The van der Waals surface area contributed by atoms with Crippen molar-refractivity contribution in [3.8, 4) is 22.5 Å². The van der Waals surface area contributed by atoms with Gasteiger partial charge < -0.3 is 0 Å². The predicted molar refractivity (Wildman–Crippen MR) is 111 cm³/mol. The molecule has 2 aromatic carbocycles. The highest BCUT2D eigenvalue weighted by atomic mass is 14.9. The van der Waals surface area contributed by atoms with Crippen LogP contribution in [-0.2, 0) is 0 Å². The first-order valence-electron chi connectivity index (χ1n) is 9.02. The molecule has 0 aliphatic heterocycles. The maximum atomic E-state index is 4.88. The van der Waals surface area contributed by atoms with Crippen molar-refractivity contribution in [2.45, 2.75) is 27.2 Å². The van der Waals surface area contributed by atoms with Gasteiger partial charge in [0.2, 0.25) is 0 Å². The molecule has 0 aliphatic rings. The summed E-state index contributed by atoms with van der Waals surface area (Å²) in [6, 6.07) is 22.6. The van der Waals surface area contributed by atoms with Crippen LogP contribution in [0, 0.1) is 0 Å². The van der Waals surface area contributed by atoms with E-state index in [0.717, 1.165) is 40.3 Å². The number of hydrogen-bond donors (Lipinski definition) is 0. The molecule has 0 spiro atoms. The molecule has 130 valence electrons. The Labute approximate surface area is 156 Å². The first-order valence-corrected chi connectivity index (χ1v) is 9.02. The van der Waals surface area contributed by atoms with E-state index in [4.69, 9.17) is 9.97 Å². The third-order valence-electron chi connectivity index (χ3n) is 3.99. The van der Waals surface area contributed by atoms with Gasteiger partial charge in [-0.05, 0) is 26.3 Å². The average Bonchev–Trinajstić information content (AvgIpc) is 2.68. The Balaban J connectivity index is 2.21. The van der Waals surface area contributed by atoms with E-state index in [2.05, 4.69) is 63.3 Å². The van der Waals surface area contributed by atoms with E-state index >= 15 is 0 Å². The standard InChI is InChI=1S/C24H24N2/c1-4-11-21(16-18(2)3)24-25-22(19-12-7-5-8-13-19)17-23(26-24)20-14-9-6-10-15-20/h5-17H,4H2,1-3H3/b21-11+. The predicted octanol–water partition coefficient (Wildman–Crippen LogP) is 6.57. The molecule has 2 heteroatoms. The van der Waals surface area contributed by atoms with Crippen LogP contribution < -0.4 is 0 Å². The Morgan fingerprint density at radius 1 is 0.808 bits per heavy atom. The van der Waals surface area contributed by atoms with Gasteiger partial charge in [-0.15, -0.1) is 0 Å². The molecule has 1 aromatic heterocycles. The summed E-state index contributed by atoms with van der Waals surface area (Å²) in [7, 11) is 0. The summed E-state index contributed by atoms with van der Waals surface area (Å²) in [4.78, 5) is 9.75. The zero-order chi connectivity index (χ0) is 18.4. The van der Waals surface area contributed by atoms with Crippen molar-refractivity contribution in [2.75, 3.05) is 0 Å². The monoisotopic (exact) mass is 340 g/mol. The zero-order valence-electron chi connectivity index (χ0n) is 15.6. The highest BCUT2D eigenvalue weighted by Gasteiger charge is 2.10. The lowest BCUT2D eigenvalue weighted by Gasteiger charge is -2.10. The topological polar surface area (TPSA) is 25.8 Å². The van der Waals surface area contributed by atoms with E-state index in [9.17, 15) is 0 Å². The van der Waals surface area contributed by atoms with Crippen molar-refractivity contribution < 1.29 is 0 Å². The number of allylic oxidation sites excluding steroid dienone is 4. The Morgan fingerprint density at radius 3 is 1.73 bits per heavy atom. The fraction of sp³-hybridized carbons (Fsp3) is 0.167. The van der Waals surface area contributed by atoms with Crippen LogP contribution in [-0.4, -0.2) is 9.97 Å². The van der Waals surface area contributed by atoms with E-state index in [1.807, 2.05) is 36.4 Å². The first-order chi connectivity index (χ1) is 12.7. The first kappa shape index (κ1) is 17.8. The van der Waals surface area contributed by atoms with Crippen LogP contribution in [0.15, 0.2) is 84.5 Å². The fourth-order valence-electron chi connectivity index (χ4n) is 2.84. The molecule has 0 fully saturated rings. The fourth-order valence-corrected chi connectivity index (χ4v) is 2.84. The summed E-state index contributed by atoms with van der Waals surface area (Å²) < 4.78 is 0. The van der Waals surface area contributed by atoms with Gasteiger partial charge in [0.05, 0.1) is 11.4 Å². The quantitative estimate of drug-likeness (QED) is 0.491. The van der Waals surface area contributed by atoms with Crippen LogP contribution in [0.25, 0.3) is 28.1 Å². The minimum atomic E-state index is 0.772. The number of aromatic nitrogens is 2. The second-order valence-corrected chi connectivity index (χ2v) is 6.48. The largest absolute Gasteiger partial charge is 0.228 e. The summed E-state index contributed by atoms with van der Waals surface area (Å²) in [5.74, 6) is 0.772. The van der Waals surface area contributed by atoms with Gasteiger partial charge in [0, 0.05) is 16.7 Å². The van der Waals surface area contributed by atoms with Crippen molar-refractivity contribution in [3.63, 3.8) is 0 Å². The molecule has 0 N–H and O–H groups in total. The second-order valence-electron chi connectivity index (χ2n) is 6.48. The van der Waals surface area contributed by atoms with E-state index in [1.165, 1.54) is 5.57 Å². The summed E-state index contributed by atoms with van der Waals surface area (Å²) in [5, 5.41) is 0. The molecule has 3 aromatic rings. The second kappa shape index (κ2) is 8.39. The van der Waals surface area contributed by atoms with Crippen LogP contribution in [0.5, 0.6) is 0 Å². The van der Waals surface area contributed by atoms with Crippen LogP contribution in [0.3, 0.4) is 0 Å². The highest BCUT2D eigenvalue weighted by Crippen LogP contribution is 2.26. The van der Waals surface area contributed by atoms with Crippen molar-refractivity contribution in [1.82, 2.24) is 9.97 Å². The molecule has 0 amide bonds. The van der Waals surface area contributed by atoms with Gasteiger partial charge in [-0.3, -0.25) is 0 Å². The maximum absolute atomic E-state index is 4.88. The smallest absolute Gasteiger partial charge is 0.160 e. The molecule has 0 saturated heterocycles. The van der Waals surface area contributed by atoms with Crippen LogP contribution >= 0.6 is 0 Å². The summed E-state index contributed by atoms with van der Waals surface area (Å²) >= 11 is 0. The normalized spacial score (nSPS) is 11.3. The van der Waals surface area contributed by atoms with Crippen molar-refractivity contribution in [3.05, 3.63) is 90.3 Å². The minimum Gasteiger partial charge on any atom is -0.228 e. The lowest BCUT2D eigenvalue weighted by molar-refractivity contribution is 1.12. The van der Waals surface area contributed by atoms with Gasteiger partial charge in [0.15, 0.2) is 5.82 Å². The highest BCUT2D eigenvalue weighted by molar-refractivity contribution is 5.75. The third kappa shape index (κ3) is 4.34. The molecule has 0 atom stereocenters. The molecule has 2 nitrogen and oxygen atoms in total. The Kier molecular flexibility index (Phi) is 5.75. The Morgan fingerprint density at radius 2 is 1.31 bits per heavy atom. The van der Waals surface area contributed by atoms with Gasteiger partial charge in [-0.1, -0.05) is 85.3 Å². The molecule has 0 radical (unpaired) electrons. The number of benzene rings is 2. The third-order valence-corrected chi connectivity index (χ3v) is 3.99. The van der Waals surface area contributed by atoms with Crippen molar-refractivity contribution in [1.29, 1.82) is 0 Å². The molecule has 3 rings (SSSR count). The minimum absolute atomic E-state index is 0.772. The molecule has 1 heterocycles. The van der Waals surface area contributed by atoms with E-state index in [1.54, 1.807) is 0 Å². The number of nitrogens with zero attached hydrogens (tertiary/aromatic N) is 2. The van der Waals surface area contributed by atoms with E-state index in [0.29, 0.717) is 0 Å². The number of hydrogen-bond acceptors (Lipinski definition) is 2. The van der Waals surface area contributed by atoms with E-state index < -0.39 is 0 Å². The van der Waals surface area contributed by atoms with Gasteiger partial charge >= 0.3 is 0 Å². The molecule has 0 unspecified atom stereocenters. The molecule has 0 aliphatic carbocycles. The van der Waals surface area contributed by atoms with E-state index in [-0.39, 0.29) is 0 Å². The van der Waals surface area contributed by atoms with Crippen molar-refractivity contribution >= 4 is 5.57 Å². The van der Waals surface area contributed by atoms with Gasteiger partial charge in [0.1, 0.15) is 0 Å². The van der Waals surface area contributed by atoms with Gasteiger partial charge in [-0.2, -0.15) is 0 Å². The molecule has 0 saturated carbocycles. The Bertz CT molecular complexity index is 861.